The maximum Gasteiger partial charge on any atom is 0.129 e. The van der Waals surface area contributed by atoms with Gasteiger partial charge in [0.05, 0.1) is 0 Å². The van der Waals surface area contributed by atoms with E-state index in [-0.39, 0.29) is 0 Å². The Morgan fingerprint density at radius 3 is 3.12 bits per heavy atom. The van der Waals surface area contributed by atoms with Gasteiger partial charge in [-0.15, -0.1) is 0 Å². The maximum atomic E-state index is 4.46. The average molecular weight is 284 g/mol. The summed E-state index contributed by atoms with van der Waals surface area (Å²) in [5.41, 5.74) is 0. The first-order valence-electron chi connectivity index (χ1n) is 5.80. The van der Waals surface area contributed by atoms with E-state index in [0.29, 0.717) is 0 Å². The van der Waals surface area contributed by atoms with Crippen molar-refractivity contribution in [2.75, 3.05) is 31.6 Å². The van der Waals surface area contributed by atoms with Crippen molar-refractivity contribution in [3.63, 3.8) is 0 Å². The topological polar surface area (TPSA) is 28.2 Å². The van der Waals surface area contributed by atoms with Crippen LogP contribution < -0.4 is 10.2 Å². The molecule has 2 heterocycles. The number of hydrogen-bond acceptors (Lipinski definition) is 3. The van der Waals surface area contributed by atoms with Crippen molar-refractivity contribution >= 4 is 21.7 Å². The molecule has 88 valence electrons. The van der Waals surface area contributed by atoms with Crippen LogP contribution in [0.25, 0.3) is 0 Å². The summed E-state index contributed by atoms with van der Waals surface area (Å²) in [6.07, 6.45) is 2.62. The SMILES string of the molecule is CN(C[C@H]1CCCNC1)c1cccc(Br)n1. The Morgan fingerprint density at radius 1 is 1.56 bits per heavy atom. The van der Waals surface area contributed by atoms with Crippen LogP contribution in [0.15, 0.2) is 22.8 Å². The molecule has 4 heteroatoms. The van der Waals surface area contributed by atoms with Gasteiger partial charge in [-0.2, -0.15) is 0 Å². The number of aromatic nitrogens is 1. The van der Waals surface area contributed by atoms with Gasteiger partial charge in [0, 0.05) is 13.6 Å². The van der Waals surface area contributed by atoms with Crippen LogP contribution in [-0.4, -0.2) is 31.7 Å². The Hall–Kier alpha value is -0.610. The number of hydrogen-bond donors (Lipinski definition) is 1. The molecule has 1 fully saturated rings. The molecule has 1 aliphatic rings. The van der Waals surface area contributed by atoms with Crippen molar-refractivity contribution < 1.29 is 0 Å². The minimum absolute atomic E-state index is 0.750. The summed E-state index contributed by atoms with van der Waals surface area (Å²) >= 11 is 3.41. The quantitative estimate of drug-likeness (QED) is 0.863. The van der Waals surface area contributed by atoms with E-state index < -0.39 is 0 Å². The zero-order chi connectivity index (χ0) is 11.4. The molecule has 1 aromatic heterocycles. The third-order valence-electron chi connectivity index (χ3n) is 3.02. The van der Waals surface area contributed by atoms with Gasteiger partial charge in [0.15, 0.2) is 0 Å². The van der Waals surface area contributed by atoms with Gasteiger partial charge >= 0.3 is 0 Å². The molecule has 0 saturated carbocycles. The zero-order valence-corrected chi connectivity index (χ0v) is 11.2. The number of anilines is 1. The molecular weight excluding hydrogens is 266 g/mol. The standard InChI is InChI=1S/C12H18BrN3/c1-16(9-10-4-3-7-14-8-10)12-6-2-5-11(13)15-12/h2,5-6,10,14H,3-4,7-9H2,1H3/t10-/m0/s1. The van der Waals surface area contributed by atoms with E-state index in [1.54, 1.807) is 0 Å². The van der Waals surface area contributed by atoms with Gasteiger partial charge in [0.2, 0.25) is 0 Å². The van der Waals surface area contributed by atoms with E-state index in [0.717, 1.165) is 29.4 Å². The molecule has 3 nitrogen and oxygen atoms in total. The minimum Gasteiger partial charge on any atom is -0.359 e. The Morgan fingerprint density at radius 2 is 2.44 bits per heavy atom. The average Bonchev–Trinajstić information content (AvgIpc) is 2.30. The molecule has 0 bridgehead atoms. The summed E-state index contributed by atoms with van der Waals surface area (Å²) in [5, 5.41) is 3.45. The van der Waals surface area contributed by atoms with Crippen LogP contribution in [0.4, 0.5) is 5.82 Å². The van der Waals surface area contributed by atoms with Crippen LogP contribution in [0.3, 0.4) is 0 Å². The van der Waals surface area contributed by atoms with Crippen molar-refractivity contribution in [2.24, 2.45) is 5.92 Å². The molecule has 1 atom stereocenters. The first-order valence-corrected chi connectivity index (χ1v) is 6.59. The molecule has 1 aliphatic heterocycles. The number of nitrogens with zero attached hydrogens (tertiary/aromatic N) is 2. The van der Waals surface area contributed by atoms with Crippen molar-refractivity contribution in [2.45, 2.75) is 12.8 Å². The summed E-state index contributed by atoms with van der Waals surface area (Å²) in [6.45, 7) is 3.39. The van der Waals surface area contributed by atoms with Crippen molar-refractivity contribution in [3.8, 4) is 0 Å². The highest BCUT2D eigenvalue weighted by atomic mass is 79.9. The summed E-state index contributed by atoms with van der Waals surface area (Å²) in [5.74, 6) is 1.79. The predicted molar refractivity (Wildman–Crippen MR) is 70.8 cm³/mol. The van der Waals surface area contributed by atoms with Gasteiger partial charge in [-0.1, -0.05) is 6.07 Å². The lowest BCUT2D eigenvalue weighted by atomic mass is 9.99. The number of halogens is 1. The highest BCUT2D eigenvalue weighted by Gasteiger charge is 2.15. The molecule has 1 N–H and O–H groups in total. The monoisotopic (exact) mass is 283 g/mol. The summed E-state index contributed by atoms with van der Waals surface area (Å²) in [4.78, 5) is 6.70. The third kappa shape index (κ3) is 3.19. The second-order valence-corrected chi connectivity index (χ2v) is 5.22. The maximum absolute atomic E-state index is 4.46. The second-order valence-electron chi connectivity index (χ2n) is 4.41. The minimum atomic E-state index is 0.750. The molecule has 1 saturated heterocycles. The van der Waals surface area contributed by atoms with E-state index in [1.807, 2.05) is 12.1 Å². The van der Waals surface area contributed by atoms with E-state index in [2.05, 4.69) is 44.2 Å². The molecule has 0 unspecified atom stereocenters. The Kier molecular flexibility index (Phi) is 4.18. The first kappa shape index (κ1) is 11.9. The van der Waals surface area contributed by atoms with Gasteiger partial charge in [-0.25, -0.2) is 4.98 Å². The predicted octanol–water partition coefficient (Wildman–Crippen LogP) is 2.28. The smallest absolute Gasteiger partial charge is 0.129 e. The molecule has 0 spiro atoms. The summed E-state index contributed by atoms with van der Waals surface area (Å²) < 4.78 is 0.901. The first-order chi connectivity index (χ1) is 7.75. The summed E-state index contributed by atoms with van der Waals surface area (Å²) in [6, 6.07) is 6.04. The Balaban J connectivity index is 1.94. The summed E-state index contributed by atoms with van der Waals surface area (Å²) in [7, 11) is 2.11. The van der Waals surface area contributed by atoms with Crippen LogP contribution in [0.1, 0.15) is 12.8 Å². The highest BCUT2D eigenvalue weighted by molar-refractivity contribution is 9.10. The molecule has 2 rings (SSSR count). The van der Waals surface area contributed by atoms with E-state index in [4.69, 9.17) is 0 Å². The van der Waals surface area contributed by atoms with E-state index in [1.165, 1.54) is 19.4 Å². The largest absolute Gasteiger partial charge is 0.359 e. The van der Waals surface area contributed by atoms with Gasteiger partial charge < -0.3 is 10.2 Å². The molecule has 16 heavy (non-hydrogen) atoms. The van der Waals surface area contributed by atoms with Crippen molar-refractivity contribution in [1.29, 1.82) is 0 Å². The molecular formula is C12H18BrN3. The van der Waals surface area contributed by atoms with Gasteiger partial charge in [0.25, 0.3) is 0 Å². The number of pyridine rings is 1. The third-order valence-corrected chi connectivity index (χ3v) is 3.46. The van der Waals surface area contributed by atoms with Crippen LogP contribution in [0, 0.1) is 5.92 Å². The number of nitrogens with one attached hydrogen (secondary N) is 1. The highest BCUT2D eigenvalue weighted by Crippen LogP contribution is 2.17. The molecule has 0 aromatic carbocycles. The van der Waals surface area contributed by atoms with E-state index in [9.17, 15) is 0 Å². The molecule has 0 radical (unpaired) electrons. The normalized spacial score (nSPS) is 20.8. The van der Waals surface area contributed by atoms with Crippen LogP contribution >= 0.6 is 15.9 Å². The van der Waals surface area contributed by atoms with Crippen LogP contribution in [0.5, 0.6) is 0 Å². The second kappa shape index (κ2) is 5.64. The lowest BCUT2D eigenvalue weighted by Crippen LogP contribution is -2.37. The fourth-order valence-electron chi connectivity index (χ4n) is 2.17. The van der Waals surface area contributed by atoms with E-state index >= 15 is 0 Å². The zero-order valence-electron chi connectivity index (χ0n) is 9.62. The number of rotatable bonds is 3. The molecule has 0 aliphatic carbocycles. The van der Waals surface area contributed by atoms with Crippen LogP contribution in [0.2, 0.25) is 0 Å². The fraction of sp³-hybridized carbons (Fsp3) is 0.583. The Bertz CT molecular complexity index is 337. The van der Waals surface area contributed by atoms with Crippen molar-refractivity contribution in [3.05, 3.63) is 22.8 Å². The fourth-order valence-corrected chi connectivity index (χ4v) is 2.51. The van der Waals surface area contributed by atoms with Gasteiger partial charge in [-0.3, -0.25) is 0 Å². The lowest BCUT2D eigenvalue weighted by Gasteiger charge is -2.28. The van der Waals surface area contributed by atoms with Gasteiger partial charge in [0.1, 0.15) is 10.4 Å². The lowest BCUT2D eigenvalue weighted by molar-refractivity contribution is 0.380. The van der Waals surface area contributed by atoms with Gasteiger partial charge in [-0.05, 0) is 59.9 Å². The van der Waals surface area contributed by atoms with Crippen molar-refractivity contribution in [1.82, 2.24) is 10.3 Å². The van der Waals surface area contributed by atoms with Crippen LogP contribution in [-0.2, 0) is 0 Å². The number of piperidine rings is 1. The molecule has 1 aromatic rings. The Labute approximate surface area is 105 Å². The molecule has 0 amide bonds.